The number of carbonyl (C=O) groups is 2. The van der Waals surface area contributed by atoms with Gasteiger partial charge in [-0.1, -0.05) is 35.0 Å². The summed E-state index contributed by atoms with van der Waals surface area (Å²) in [6.07, 6.45) is -4.60. The van der Waals surface area contributed by atoms with Gasteiger partial charge >= 0.3 is 6.18 Å². The topological polar surface area (TPSA) is 88.9 Å². The number of hydrogen-bond acceptors (Lipinski definition) is 4. The Kier molecular flexibility index (Phi) is 6.09. The van der Waals surface area contributed by atoms with Crippen LogP contribution in [-0.4, -0.2) is 26.8 Å². The van der Waals surface area contributed by atoms with Crippen molar-refractivity contribution >= 4 is 23.2 Å². The van der Waals surface area contributed by atoms with Crippen LogP contribution in [0.5, 0.6) is 0 Å². The van der Waals surface area contributed by atoms with Gasteiger partial charge in [-0.3, -0.25) is 9.59 Å². The molecule has 1 heterocycles. The molecular formula is C21H20F3N5O2. The van der Waals surface area contributed by atoms with Crippen molar-refractivity contribution in [2.75, 3.05) is 10.6 Å². The minimum atomic E-state index is -4.60. The van der Waals surface area contributed by atoms with Gasteiger partial charge in [0, 0.05) is 5.69 Å². The molecule has 2 aromatic carbocycles. The van der Waals surface area contributed by atoms with Crippen molar-refractivity contribution < 1.29 is 22.8 Å². The van der Waals surface area contributed by atoms with Crippen molar-refractivity contribution in [3.05, 3.63) is 70.5 Å². The minimum absolute atomic E-state index is 0.0171. The van der Waals surface area contributed by atoms with Crippen LogP contribution in [0, 0.1) is 20.8 Å². The van der Waals surface area contributed by atoms with Crippen molar-refractivity contribution in [3.63, 3.8) is 0 Å². The zero-order valence-electron chi connectivity index (χ0n) is 17.0. The Morgan fingerprint density at radius 2 is 1.71 bits per heavy atom. The molecule has 0 fully saturated rings. The molecule has 0 bridgehead atoms. The second-order valence-electron chi connectivity index (χ2n) is 7.05. The number of nitrogens with zero attached hydrogens (tertiary/aromatic N) is 3. The highest BCUT2D eigenvalue weighted by atomic mass is 19.4. The number of alkyl halides is 3. The molecule has 31 heavy (non-hydrogen) atoms. The molecule has 2 N–H and O–H groups in total. The Labute approximate surface area is 176 Å². The van der Waals surface area contributed by atoms with Crippen molar-refractivity contribution in [1.82, 2.24) is 15.0 Å². The predicted octanol–water partition coefficient (Wildman–Crippen LogP) is 4.11. The number of carbonyl (C=O) groups excluding carboxylic acids is 2. The van der Waals surface area contributed by atoms with Crippen LogP contribution in [0.3, 0.4) is 0 Å². The van der Waals surface area contributed by atoms with Crippen LogP contribution in [0.1, 0.15) is 32.9 Å². The van der Waals surface area contributed by atoms with Crippen LogP contribution in [0.2, 0.25) is 0 Å². The molecule has 3 aromatic rings. The van der Waals surface area contributed by atoms with E-state index in [4.69, 9.17) is 0 Å². The third kappa shape index (κ3) is 5.08. The molecule has 0 saturated carbocycles. The van der Waals surface area contributed by atoms with Crippen LogP contribution >= 0.6 is 0 Å². The van der Waals surface area contributed by atoms with Gasteiger partial charge in [-0.2, -0.15) is 13.2 Å². The first-order valence-corrected chi connectivity index (χ1v) is 9.31. The lowest BCUT2D eigenvalue weighted by Crippen LogP contribution is -2.22. The molecule has 3 rings (SSSR count). The van der Waals surface area contributed by atoms with Gasteiger partial charge in [0.1, 0.15) is 6.54 Å². The number of halogens is 3. The second kappa shape index (κ2) is 8.58. The minimum Gasteiger partial charge on any atom is -0.324 e. The number of amides is 2. The maximum Gasteiger partial charge on any atom is 0.418 e. The summed E-state index contributed by atoms with van der Waals surface area (Å²) in [7, 11) is 0. The van der Waals surface area contributed by atoms with E-state index in [1.807, 2.05) is 26.0 Å². The molecular weight excluding hydrogens is 411 g/mol. The van der Waals surface area contributed by atoms with Gasteiger partial charge in [0.25, 0.3) is 5.91 Å². The van der Waals surface area contributed by atoms with E-state index in [0.717, 1.165) is 27.9 Å². The van der Waals surface area contributed by atoms with Gasteiger partial charge in [-0.15, -0.1) is 5.10 Å². The maximum atomic E-state index is 13.1. The van der Waals surface area contributed by atoms with E-state index in [0.29, 0.717) is 11.4 Å². The summed E-state index contributed by atoms with van der Waals surface area (Å²) in [5.74, 6) is -1.23. The average molecular weight is 431 g/mol. The number of nitrogens with one attached hydrogen (secondary N) is 2. The molecule has 0 unspecified atom stereocenters. The molecule has 7 nitrogen and oxygen atoms in total. The van der Waals surface area contributed by atoms with Crippen LogP contribution < -0.4 is 10.6 Å². The maximum absolute atomic E-state index is 13.1. The monoisotopic (exact) mass is 431 g/mol. The molecule has 0 radical (unpaired) electrons. The standard InChI is InChI=1S/C21H20F3N5O2/c1-12-8-9-16(13(2)10-12)26-20(31)19-14(3)29(28-27-19)11-18(30)25-17-7-5-4-6-15(17)21(22,23)24/h4-10H,11H2,1-3H3,(H,25,30)(H,26,31). The highest BCUT2D eigenvalue weighted by Gasteiger charge is 2.33. The summed E-state index contributed by atoms with van der Waals surface area (Å²) >= 11 is 0. The van der Waals surface area contributed by atoms with E-state index in [1.165, 1.54) is 12.1 Å². The Bertz CT molecular complexity index is 1140. The first-order valence-electron chi connectivity index (χ1n) is 9.31. The second-order valence-corrected chi connectivity index (χ2v) is 7.05. The molecule has 162 valence electrons. The quantitative estimate of drug-likeness (QED) is 0.636. The molecule has 0 spiro atoms. The third-order valence-electron chi connectivity index (χ3n) is 4.63. The molecule has 0 atom stereocenters. The summed E-state index contributed by atoms with van der Waals surface area (Å²) in [4.78, 5) is 24.9. The molecule has 0 aliphatic carbocycles. The van der Waals surface area contributed by atoms with Crippen LogP contribution in [0.4, 0.5) is 24.5 Å². The summed E-state index contributed by atoms with van der Waals surface area (Å²) in [6, 6.07) is 10.2. The summed E-state index contributed by atoms with van der Waals surface area (Å²) in [5.41, 5.74) is 1.56. The number of hydrogen-bond donors (Lipinski definition) is 2. The van der Waals surface area contributed by atoms with E-state index in [1.54, 1.807) is 13.0 Å². The van der Waals surface area contributed by atoms with Gasteiger partial charge in [0.15, 0.2) is 5.69 Å². The Balaban J connectivity index is 1.72. The van der Waals surface area contributed by atoms with E-state index >= 15 is 0 Å². The molecule has 2 amide bonds. The zero-order valence-corrected chi connectivity index (χ0v) is 17.0. The van der Waals surface area contributed by atoms with Gasteiger partial charge in [-0.25, -0.2) is 4.68 Å². The lowest BCUT2D eigenvalue weighted by molar-refractivity contribution is -0.137. The normalized spacial score (nSPS) is 11.3. The van der Waals surface area contributed by atoms with Crippen molar-refractivity contribution in [1.29, 1.82) is 0 Å². The van der Waals surface area contributed by atoms with E-state index in [2.05, 4.69) is 20.9 Å². The van der Waals surface area contributed by atoms with Crippen LogP contribution in [-0.2, 0) is 17.5 Å². The smallest absolute Gasteiger partial charge is 0.324 e. The number of aryl methyl sites for hydroxylation is 2. The molecule has 0 aliphatic heterocycles. The van der Waals surface area contributed by atoms with Gasteiger partial charge in [0.05, 0.1) is 16.9 Å². The molecule has 10 heteroatoms. The van der Waals surface area contributed by atoms with Crippen molar-refractivity contribution in [3.8, 4) is 0 Å². The summed E-state index contributed by atoms with van der Waals surface area (Å²) in [5, 5.41) is 12.6. The fourth-order valence-electron chi connectivity index (χ4n) is 3.02. The van der Waals surface area contributed by atoms with E-state index in [-0.39, 0.29) is 11.4 Å². The predicted molar refractivity (Wildman–Crippen MR) is 109 cm³/mol. The largest absolute Gasteiger partial charge is 0.418 e. The van der Waals surface area contributed by atoms with Crippen molar-refractivity contribution in [2.24, 2.45) is 0 Å². The first kappa shape index (κ1) is 22.0. The van der Waals surface area contributed by atoms with Gasteiger partial charge < -0.3 is 10.6 Å². The molecule has 0 aliphatic rings. The highest BCUT2D eigenvalue weighted by molar-refractivity contribution is 6.04. The Morgan fingerprint density at radius 3 is 2.39 bits per heavy atom. The van der Waals surface area contributed by atoms with Crippen LogP contribution in [0.15, 0.2) is 42.5 Å². The number of anilines is 2. The number of rotatable bonds is 5. The van der Waals surface area contributed by atoms with Crippen molar-refractivity contribution in [2.45, 2.75) is 33.5 Å². The summed E-state index contributed by atoms with van der Waals surface area (Å²) < 4.78 is 40.4. The molecule has 1 aromatic heterocycles. The zero-order chi connectivity index (χ0) is 22.8. The van der Waals surface area contributed by atoms with Gasteiger partial charge in [0.2, 0.25) is 5.91 Å². The Hall–Kier alpha value is -3.69. The SMILES string of the molecule is Cc1ccc(NC(=O)c2nnn(CC(=O)Nc3ccccc3C(F)(F)F)c2C)c(C)c1. The third-order valence-corrected chi connectivity index (χ3v) is 4.63. The van der Waals surface area contributed by atoms with E-state index in [9.17, 15) is 22.8 Å². The number of aromatic nitrogens is 3. The fourth-order valence-corrected chi connectivity index (χ4v) is 3.02. The average Bonchev–Trinajstić information content (AvgIpc) is 3.04. The fraction of sp³-hybridized carbons (Fsp3) is 0.238. The van der Waals surface area contributed by atoms with Gasteiger partial charge in [-0.05, 0) is 44.5 Å². The highest BCUT2D eigenvalue weighted by Crippen LogP contribution is 2.34. The number of benzene rings is 2. The van der Waals surface area contributed by atoms with E-state index < -0.39 is 30.1 Å². The first-order chi connectivity index (χ1) is 14.6. The lowest BCUT2D eigenvalue weighted by atomic mass is 10.1. The molecule has 0 saturated heterocycles. The van der Waals surface area contributed by atoms with Crippen LogP contribution in [0.25, 0.3) is 0 Å². The Morgan fingerprint density at radius 1 is 1.00 bits per heavy atom. The summed E-state index contributed by atoms with van der Waals surface area (Å²) in [6.45, 7) is 4.94. The number of para-hydroxylation sites is 1. The lowest BCUT2D eigenvalue weighted by Gasteiger charge is -2.13.